The zero-order valence-electron chi connectivity index (χ0n) is 13.4. The monoisotopic (exact) mass is 308 g/mol. The van der Waals surface area contributed by atoms with E-state index in [1.54, 1.807) is 4.90 Å². The highest BCUT2D eigenvalue weighted by molar-refractivity contribution is 7.90. The Labute approximate surface area is 122 Å². The molecule has 0 aliphatic carbocycles. The van der Waals surface area contributed by atoms with Gasteiger partial charge in [-0.2, -0.15) is 0 Å². The Morgan fingerprint density at radius 2 is 1.90 bits per heavy atom. The average molecular weight is 308 g/mol. The number of likely N-dealkylation sites (N-methyl/N-ethyl adjacent to an activating group) is 1. The van der Waals surface area contributed by atoms with Crippen molar-refractivity contribution in [3.8, 4) is 0 Å². The van der Waals surface area contributed by atoms with Gasteiger partial charge in [0.25, 0.3) is 0 Å². The van der Waals surface area contributed by atoms with Gasteiger partial charge < -0.3 is 15.0 Å². The van der Waals surface area contributed by atoms with Gasteiger partial charge in [0.1, 0.15) is 15.4 Å². The molecule has 0 saturated carbocycles. The van der Waals surface area contributed by atoms with Gasteiger partial charge in [0.15, 0.2) is 0 Å². The predicted molar refractivity (Wildman–Crippen MR) is 80.7 cm³/mol. The summed E-state index contributed by atoms with van der Waals surface area (Å²) < 4.78 is 27.6. The smallest absolute Gasteiger partial charge is 0.410 e. The van der Waals surface area contributed by atoms with E-state index in [1.807, 2.05) is 34.6 Å². The second kappa shape index (κ2) is 7.83. The maximum Gasteiger partial charge on any atom is 0.410 e. The van der Waals surface area contributed by atoms with E-state index in [1.165, 1.54) is 6.26 Å². The van der Waals surface area contributed by atoms with Gasteiger partial charge in [0.2, 0.25) is 0 Å². The largest absolute Gasteiger partial charge is 0.444 e. The van der Waals surface area contributed by atoms with Crippen LogP contribution in [0.2, 0.25) is 0 Å². The summed E-state index contributed by atoms with van der Waals surface area (Å²) in [5.41, 5.74) is -0.512. The van der Waals surface area contributed by atoms with E-state index in [2.05, 4.69) is 5.32 Å². The van der Waals surface area contributed by atoms with Gasteiger partial charge in [-0.05, 0) is 34.6 Å². The minimum Gasteiger partial charge on any atom is -0.444 e. The zero-order valence-corrected chi connectivity index (χ0v) is 14.2. The van der Waals surface area contributed by atoms with Crippen molar-refractivity contribution in [3.05, 3.63) is 0 Å². The van der Waals surface area contributed by atoms with E-state index in [9.17, 15) is 13.2 Å². The molecule has 0 aromatic heterocycles. The molecule has 1 N–H and O–H groups in total. The second-order valence-corrected chi connectivity index (χ2v) is 8.19. The van der Waals surface area contributed by atoms with Crippen LogP contribution in [0.5, 0.6) is 0 Å². The molecule has 1 unspecified atom stereocenters. The van der Waals surface area contributed by atoms with Gasteiger partial charge in [-0.15, -0.1) is 0 Å². The number of hydrogen-bond acceptors (Lipinski definition) is 5. The van der Waals surface area contributed by atoms with Crippen LogP contribution in [-0.2, 0) is 14.6 Å². The molecule has 0 heterocycles. The first-order chi connectivity index (χ1) is 8.94. The molecule has 0 aromatic carbocycles. The summed E-state index contributed by atoms with van der Waals surface area (Å²) in [5.74, 6) is 0.0889. The molecule has 0 saturated heterocycles. The third-order valence-electron chi connectivity index (χ3n) is 2.46. The molecule has 0 aliphatic heterocycles. The number of nitrogens with one attached hydrogen (secondary N) is 1. The summed E-state index contributed by atoms with van der Waals surface area (Å²) in [6.07, 6.45) is 0.863. The molecule has 0 rings (SSSR count). The Morgan fingerprint density at radius 3 is 2.30 bits per heavy atom. The van der Waals surface area contributed by atoms with E-state index < -0.39 is 15.4 Å². The van der Waals surface area contributed by atoms with Crippen molar-refractivity contribution < 1.29 is 17.9 Å². The van der Waals surface area contributed by atoms with E-state index >= 15 is 0 Å². The van der Waals surface area contributed by atoms with Gasteiger partial charge in [0, 0.05) is 31.9 Å². The Morgan fingerprint density at radius 1 is 1.35 bits per heavy atom. The van der Waals surface area contributed by atoms with E-state index in [0.717, 1.165) is 0 Å². The number of rotatable bonds is 7. The molecule has 0 radical (unpaired) electrons. The van der Waals surface area contributed by atoms with Crippen LogP contribution in [0.25, 0.3) is 0 Å². The van der Waals surface area contributed by atoms with Crippen molar-refractivity contribution in [2.24, 2.45) is 0 Å². The minimum absolute atomic E-state index is 0.0889. The number of amides is 1. The fourth-order valence-electron chi connectivity index (χ4n) is 1.66. The molecule has 7 heteroatoms. The number of ether oxygens (including phenoxy) is 1. The standard InChI is InChI=1S/C13H28N2O4S/c1-7-15(12(16)19-13(3,4)5)9-8-14-11(2)10-20(6,17)18/h11,14H,7-10H2,1-6H3. The summed E-state index contributed by atoms with van der Waals surface area (Å²) in [6, 6.07) is -0.137. The first-order valence-electron chi connectivity index (χ1n) is 6.83. The predicted octanol–water partition coefficient (Wildman–Crippen LogP) is 1.27. The average Bonchev–Trinajstić information content (AvgIpc) is 2.18. The van der Waals surface area contributed by atoms with Crippen molar-refractivity contribution >= 4 is 15.9 Å². The molecule has 20 heavy (non-hydrogen) atoms. The highest BCUT2D eigenvalue weighted by Crippen LogP contribution is 2.09. The zero-order chi connectivity index (χ0) is 16.0. The van der Waals surface area contributed by atoms with Crippen LogP contribution in [0.15, 0.2) is 0 Å². The molecule has 6 nitrogen and oxygen atoms in total. The van der Waals surface area contributed by atoms with Crippen LogP contribution in [0, 0.1) is 0 Å². The Balaban J connectivity index is 4.17. The Hall–Kier alpha value is -0.820. The highest BCUT2D eigenvalue weighted by Gasteiger charge is 2.21. The molecular formula is C13H28N2O4S. The van der Waals surface area contributed by atoms with Gasteiger partial charge in [-0.1, -0.05) is 0 Å². The fourth-order valence-corrected chi connectivity index (χ4v) is 2.69. The third-order valence-corrected chi connectivity index (χ3v) is 3.57. The first kappa shape index (κ1) is 19.2. The molecule has 0 spiro atoms. The molecule has 0 aromatic rings. The first-order valence-corrected chi connectivity index (χ1v) is 8.89. The van der Waals surface area contributed by atoms with Crippen molar-refractivity contribution in [3.63, 3.8) is 0 Å². The molecule has 120 valence electrons. The van der Waals surface area contributed by atoms with Crippen LogP contribution in [0.4, 0.5) is 4.79 Å². The summed E-state index contributed by atoms with van der Waals surface area (Å²) in [5, 5.41) is 3.09. The number of nitrogens with zero attached hydrogens (tertiary/aromatic N) is 1. The van der Waals surface area contributed by atoms with Crippen molar-refractivity contribution in [1.29, 1.82) is 0 Å². The van der Waals surface area contributed by atoms with Crippen LogP contribution < -0.4 is 5.32 Å². The van der Waals surface area contributed by atoms with Gasteiger partial charge in [-0.25, -0.2) is 13.2 Å². The molecule has 0 aliphatic rings. The molecule has 0 fully saturated rings. The van der Waals surface area contributed by atoms with Crippen molar-refractivity contribution in [1.82, 2.24) is 10.2 Å². The lowest BCUT2D eigenvalue weighted by Gasteiger charge is -2.27. The van der Waals surface area contributed by atoms with Gasteiger partial charge in [-0.3, -0.25) is 0 Å². The molecular weight excluding hydrogens is 280 g/mol. The summed E-state index contributed by atoms with van der Waals surface area (Å²) in [4.78, 5) is 13.5. The Bertz CT molecular complexity index is 401. The maximum absolute atomic E-state index is 11.9. The summed E-state index contributed by atoms with van der Waals surface area (Å²) >= 11 is 0. The van der Waals surface area contributed by atoms with Crippen LogP contribution in [-0.4, -0.2) is 62.7 Å². The number of sulfone groups is 1. The molecule has 1 atom stereocenters. The van der Waals surface area contributed by atoms with E-state index in [4.69, 9.17) is 4.74 Å². The van der Waals surface area contributed by atoms with Gasteiger partial charge >= 0.3 is 6.09 Å². The number of hydrogen-bond donors (Lipinski definition) is 1. The highest BCUT2D eigenvalue weighted by atomic mass is 32.2. The maximum atomic E-state index is 11.9. The van der Waals surface area contributed by atoms with Crippen molar-refractivity contribution in [2.45, 2.75) is 46.3 Å². The van der Waals surface area contributed by atoms with Crippen LogP contribution >= 0.6 is 0 Å². The lowest BCUT2D eigenvalue weighted by molar-refractivity contribution is 0.0261. The third kappa shape index (κ3) is 10.0. The topological polar surface area (TPSA) is 75.7 Å². The van der Waals surface area contributed by atoms with Crippen molar-refractivity contribution in [2.75, 3.05) is 31.6 Å². The van der Waals surface area contributed by atoms with Crippen LogP contribution in [0.3, 0.4) is 0 Å². The SMILES string of the molecule is CCN(CCNC(C)CS(C)(=O)=O)C(=O)OC(C)(C)C. The molecule has 0 bridgehead atoms. The Kier molecular flexibility index (Phi) is 7.51. The summed E-state index contributed by atoms with van der Waals surface area (Å²) in [7, 11) is -2.99. The lowest BCUT2D eigenvalue weighted by atomic mass is 10.2. The van der Waals surface area contributed by atoms with E-state index in [-0.39, 0.29) is 17.9 Å². The second-order valence-electron chi connectivity index (χ2n) is 6.01. The lowest BCUT2D eigenvalue weighted by Crippen LogP contribution is -2.42. The molecule has 1 amide bonds. The number of carbonyl (C=O) groups is 1. The summed E-state index contributed by atoms with van der Waals surface area (Å²) in [6.45, 7) is 10.7. The quantitative estimate of drug-likeness (QED) is 0.766. The van der Waals surface area contributed by atoms with Crippen LogP contribution in [0.1, 0.15) is 34.6 Å². The number of carbonyl (C=O) groups excluding carboxylic acids is 1. The minimum atomic E-state index is -2.99. The van der Waals surface area contributed by atoms with E-state index in [0.29, 0.717) is 19.6 Å². The normalized spacial score (nSPS) is 13.9. The fraction of sp³-hybridized carbons (Fsp3) is 0.923. The van der Waals surface area contributed by atoms with Gasteiger partial charge in [0.05, 0.1) is 5.75 Å².